The number of hydrogen-bond acceptors (Lipinski definition) is 2. The first-order valence-electron chi connectivity index (χ1n) is 9.96. The summed E-state index contributed by atoms with van der Waals surface area (Å²) in [5.41, 5.74) is 3.81. The highest BCUT2D eigenvalue weighted by atomic mass is 15.1. The van der Waals surface area contributed by atoms with Crippen LogP contribution in [0.2, 0.25) is 0 Å². The van der Waals surface area contributed by atoms with Crippen LogP contribution in [-0.4, -0.2) is 27.5 Å². The summed E-state index contributed by atoms with van der Waals surface area (Å²) in [6, 6.07) is 23.9. The minimum absolute atomic E-state index is 0.742. The van der Waals surface area contributed by atoms with Crippen molar-refractivity contribution in [1.29, 1.82) is 0 Å². The molecule has 1 aliphatic rings. The van der Waals surface area contributed by atoms with E-state index in [1.165, 1.54) is 47.8 Å². The van der Waals surface area contributed by atoms with Crippen molar-refractivity contribution < 1.29 is 0 Å². The van der Waals surface area contributed by atoms with Gasteiger partial charge in [0.25, 0.3) is 0 Å². The van der Waals surface area contributed by atoms with Crippen LogP contribution in [0, 0.1) is 5.92 Å². The SMILES string of the molecule is c1ccc2c(CN3CCC(Cn4cnc5ccccc54)CC3)cccc2c1. The molecular formula is C24H25N3. The maximum absolute atomic E-state index is 4.54. The maximum atomic E-state index is 4.54. The number of benzene rings is 3. The van der Waals surface area contributed by atoms with Gasteiger partial charge in [-0.3, -0.25) is 4.90 Å². The van der Waals surface area contributed by atoms with Crippen LogP contribution in [0.3, 0.4) is 0 Å². The number of nitrogens with zero attached hydrogens (tertiary/aromatic N) is 3. The predicted octanol–water partition coefficient (Wildman–Crippen LogP) is 5.10. The molecule has 0 N–H and O–H groups in total. The van der Waals surface area contributed by atoms with E-state index in [1.54, 1.807) is 0 Å². The molecule has 0 bridgehead atoms. The van der Waals surface area contributed by atoms with E-state index in [9.17, 15) is 0 Å². The monoisotopic (exact) mass is 355 g/mol. The number of hydrogen-bond donors (Lipinski definition) is 0. The quantitative estimate of drug-likeness (QED) is 0.508. The summed E-state index contributed by atoms with van der Waals surface area (Å²) in [4.78, 5) is 7.15. The highest BCUT2D eigenvalue weighted by molar-refractivity contribution is 5.85. The largest absolute Gasteiger partial charge is 0.330 e. The van der Waals surface area contributed by atoms with Gasteiger partial charge in [-0.1, -0.05) is 54.6 Å². The molecule has 0 atom stereocenters. The summed E-state index contributed by atoms with van der Waals surface area (Å²) >= 11 is 0. The standard InChI is InChI=1S/C24H25N3/c1-2-9-22-20(6-1)7-5-8-21(22)17-26-14-12-19(13-15-26)16-27-18-25-23-10-3-4-11-24(23)27/h1-11,18-19H,12-17H2. The van der Waals surface area contributed by atoms with Crippen LogP contribution in [0.5, 0.6) is 0 Å². The topological polar surface area (TPSA) is 21.1 Å². The number of rotatable bonds is 4. The van der Waals surface area contributed by atoms with E-state index in [0.717, 1.165) is 24.5 Å². The average molecular weight is 355 g/mol. The van der Waals surface area contributed by atoms with Gasteiger partial charge in [0, 0.05) is 13.1 Å². The Labute approximate surface area is 160 Å². The first-order valence-corrected chi connectivity index (χ1v) is 9.96. The Hall–Kier alpha value is -2.65. The van der Waals surface area contributed by atoms with Gasteiger partial charge in [0.1, 0.15) is 0 Å². The first kappa shape index (κ1) is 16.5. The van der Waals surface area contributed by atoms with E-state index in [1.807, 2.05) is 6.33 Å². The molecule has 1 aromatic heterocycles. The van der Waals surface area contributed by atoms with Gasteiger partial charge in [-0.05, 0) is 60.3 Å². The van der Waals surface area contributed by atoms with Crippen molar-refractivity contribution >= 4 is 21.8 Å². The van der Waals surface area contributed by atoms with Crippen molar-refractivity contribution in [3.05, 3.63) is 78.6 Å². The van der Waals surface area contributed by atoms with Gasteiger partial charge in [-0.2, -0.15) is 0 Å². The highest BCUT2D eigenvalue weighted by Crippen LogP contribution is 2.25. The van der Waals surface area contributed by atoms with Crippen molar-refractivity contribution in [2.45, 2.75) is 25.9 Å². The molecule has 0 radical (unpaired) electrons. The third kappa shape index (κ3) is 3.35. The van der Waals surface area contributed by atoms with Crippen LogP contribution in [0.25, 0.3) is 21.8 Å². The van der Waals surface area contributed by atoms with Crippen LogP contribution >= 0.6 is 0 Å². The zero-order valence-corrected chi connectivity index (χ0v) is 15.6. The van der Waals surface area contributed by atoms with Crippen LogP contribution in [0.1, 0.15) is 18.4 Å². The number of piperidine rings is 1. The number of aromatic nitrogens is 2. The Morgan fingerprint density at radius 1 is 0.852 bits per heavy atom. The summed E-state index contributed by atoms with van der Waals surface area (Å²) in [5.74, 6) is 0.742. The average Bonchev–Trinajstić information content (AvgIpc) is 3.13. The van der Waals surface area contributed by atoms with Crippen LogP contribution in [0.4, 0.5) is 0 Å². The molecule has 3 nitrogen and oxygen atoms in total. The Balaban J connectivity index is 1.24. The fourth-order valence-corrected chi connectivity index (χ4v) is 4.43. The lowest BCUT2D eigenvalue weighted by Gasteiger charge is -2.32. The second-order valence-electron chi connectivity index (χ2n) is 7.74. The Morgan fingerprint density at radius 3 is 2.56 bits per heavy atom. The lowest BCUT2D eigenvalue weighted by Crippen LogP contribution is -2.34. The summed E-state index contributed by atoms with van der Waals surface area (Å²) in [6.45, 7) is 4.51. The maximum Gasteiger partial charge on any atom is 0.0958 e. The molecule has 0 unspecified atom stereocenters. The molecule has 2 heterocycles. The minimum Gasteiger partial charge on any atom is -0.330 e. The number of para-hydroxylation sites is 2. The molecule has 0 aliphatic carbocycles. The number of likely N-dealkylation sites (tertiary alicyclic amines) is 1. The molecule has 5 rings (SSSR count). The van der Waals surface area contributed by atoms with Crippen molar-refractivity contribution in [3.63, 3.8) is 0 Å². The summed E-state index contributed by atoms with van der Waals surface area (Å²) in [6.07, 6.45) is 4.53. The molecule has 1 aliphatic heterocycles. The Morgan fingerprint density at radius 2 is 1.63 bits per heavy atom. The van der Waals surface area contributed by atoms with E-state index < -0.39 is 0 Å². The minimum atomic E-state index is 0.742. The third-order valence-electron chi connectivity index (χ3n) is 5.96. The zero-order chi connectivity index (χ0) is 18.1. The smallest absolute Gasteiger partial charge is 0.0958 e. The molecular weight excluding hydrogens is 330 g/mol. The third-order valence-corrected chi connectivity index (χ3v) is 5.96. The molecule has 3 aromatic carbocycles. The molecule has 0 saturated carbocycles. The second kappa shape index (κ2) is 7.16. The van der Waals surface area contributed by atoms with Crippen LogP contribution in [-0.2, 0) is 13.1 Å². The molecule has 27 heavy (non-hydrogen) atoms. The molecule has 4 aromatic rings. The molecule has 0 spiro atoms. The van der Waals surface area contributed by atoms with E-state index >= 15 is 0 Å². The van der Waals surface area contributed by atoms with Gasteiger partial charge in [0.2, 0.25) is 0 Å². The van der Waals surface area contributed by atoms with Gasteiger partial charge in [-0.15, -0.1) is 0 Å². The van der Waals surface area contributed by atoms with Crippen molar-refractivity contribution in [3.8, 4) is 0 Å². The van der Waals surface area contributed by atoms with Crippen molar-refractivity contribution in [2.24, 2.45) is 5.92 Å². The summed E-state index contributed by atoms with van der Waals surface area (Å²) in [7, 11) is 0. The normalized spacial score (nSPS) is 16.3. The van der Waals surface area contributed by atoms with Gasteiger partial charge < -0.3 is 4.57 Å². The van der Waals surface area contributed by atoms with Crippen molar-refractivity contribution in [1.82, 2.24) is 14.5 Å². The van der Waals surface area contributed by atoms with E-state index in [2.05, 4.69) is 81.2 Å². The molecule has 1 saturated heterocycles. The van der Waals surface area contributed by atoms with E-state index in [-0.39, 0.29) is 0 Å². The predicted molar refractivity (Wildman–Crippen MR) is 112 cm³/mol. The number of imidazole rings is 1. The molecule has 3 heteroatoms. The van der Waals surface area contributed by atoms with E-state index in [0.29, 0.717) is 0 Å². The van der Waals surface area contributed by atoms with Gasteiger partial charge in [0.15, 0.2) is 0 Å². The fourth-order valence-electron chi connectivity index (χ4n) is 4.43. The first-order chi connectivity index (χ1) is 13.4. The Kier molecular flexibility index (Phi) is 4.38. The van der Waals surface area contributed by atoms with Crippen molar-refractivity contribution in [2.75, 3.05) is 13.1 Å². The van der Waals surface area contributed by atoms with Gasteiger partial charge in [-0.25, -0.2) is 4.98 Å². The van der Waals surface area contributed by atoms with E-state index in [4.69, 9.17) is 0 Å². The van der Waals surface area contributed by atoms with Gasteiger partial charge >= 0.3 is 0 Å². The highest BCUT2D eigenvalue weighted by Gasteiger charge is 2.20. The molecule has 0 amide bonds. The number of fused-ring (bicyclic) bond motifs is 2. The lowest BCUT2D eigenvalue weighted by molar-refractivity contribution is 0.168. The van der Waals surface area contributed by atoms with Crippen LogP contribution in [0.15, 0.2) is 73.1 Å². The van der Waals surface area contributed by atoms with Gasteiger partial charge in [0.05, 0.1) is 17.4 Å². The Bertz CT molecular complexity index is 1050. The zero-order valence-electron chi connectivity index (χ0n) is 15.6. The van der Waals surface area contributed by atoms with Crippen LogP contribution < -0.4 is 0 Å². The summed E-state index contributed by atoms with van der Waals surface area (Å²) < 4.78 is 2.33. The fraction of sp³-hybridized carbons (Fsp3) is 0.292. The lowest BCUT2D eigenvalue weighted by atomic mass is 9.95. The second-order valence-corrected chi connectivity index (χ2v) is 7.74. The molecule has 136 valence electrons. The molecule has 1 fully saturated rings. The summed E-state index contributed by atoms with van der Waals surface area (Å²) in [5, 5.41) is 2.74.